The van der Waals surface area contributed by atoms with Crippen LogP contribution >= 0.6 is 0 Å². The van der Waals surface area contributed by atoms with Crippen LogP contribution in [0, 0.1) is 0 Å². The molecule has 6 aromatic rings. The number of para-hydroxylation sites is 1. The minimum atomic E-state index is -0.323. The molecule has 1 heteroatoms. The molecule has 1 nitrogen and oxygen atoms in total. The topological polar surface area (TPSA) is 9.23 Å². The van der Waals surface area contributed by atoms with Gasteiger partial charge in [0, 0.05) is 16.5 Å². The first-order valence-corrected chi connectivity index (χ1v) is 16.2. The highest BCUT2D eigenvalue weighted by molar-refractivity contribution is 6.00. The smallest absolute Gasteiger partial charge is 0.131 e. The zero-order valence-electron chi connectivity index (χ0n) is 24.6. The molecular weight excluding hydrogens is 532 g/mol. The highest BCUT2D eigenvalue weighted by Gasteiger charge is 2.52. The summed E-state index contributed by atoms with van der Waals surface area (Å²) in [4.78, 5) is 0. The first-order valence-electron chi connectivity index (χ1n) is 16.2. The second kappa shape index (κ2) is 8.83. The lowest BCUT2D eigenvalue weighted by atomic mass is 9.63. The van der Waals surface area contributed by atoms with Gasteiger partial charge in [-0.05, 0) is 86.7 Å². The Morgan fingerprint density at radius 1 is 0.409 bits per heavy atom. The molecule has 0 unspecified atom stereocenters. The van der Waals surface area contributed by atoms with Gasteiger partial charge in [0.15, 0.2) is 0 Å². The number of fused-ring (bicyclic) bond motifs is 14. The average Bonchev–Trinajstić information content (AvgIpc) is 3.57. The Morgan fingerprint density at radius 2 is 0.955 bits per heavy atom. The standard InChI is InChI=1S/C43H32O/c1-10-25-42(26-11-1)36-20-8-9-22-39(36)44-40-24-23-28(27-38(40)42)29-16-12-21-37-41(29)32-15-4-7-19-35(32)43(37)33-17-5-2-13-30(33)31-14-3-6-18-34(31)43/h2-9,12-24,27H,1,10-11,25-26H2. The lowest BCUT2D eigenvalue weighted by molar-refractivity contribution is 0.306. The van der Waals surface area contributed by atoms with Crippen LogP contribution in [-0.2, 0) is 10.8 Å². The summed E-state index contributed by atoms with van der Waals surface area (Å²) in [5.41, 5.74) is 16.0. The minimum absolute atomic E-state index is 0.0128. The van der Waals surface area contributed by atoms with E-state index in [1.54, 1.807) is 0 Å². The van der Waals surface area contributed by atoms with E-state index in [4.69, 9.17) is 4.74 Å². The molecule has 10 rings (SSSR count). The Morgan fingerprint density at radius 3 is 1.68 bits per heavy atom. The summed E-state index contributed by atoms with van der Waals surface area (Å²) in [5, 5.41) is 0. The van der Waals surface area contributed by atoms with E-state index in [0.29, 0.717) is 0 Å². The van der Waals surface area contributed by atoms with Gasteiger partial charge in [0.1, 0.15) is 11.5 Å². The van der Waals surface area contributed by atoms with Gasteiger partial charge in [0.05, 0.1) is 5.41 Å². The summed E-state index contributed by atoms with van der Waals surface area (Å²) in [6.07, 6.45) is 6.18. The second-order valence-corrected chi connectivity index (χ2v) is 13.1. The monoisotopic (exact) mass is 564 g/mol. The van der Waals surface area contributed by atoms with Crippen LogP contribution in [0.2, 0.25) is 0 Å². The predicted molar refractivity (Wildman–Crippen MR) is 179 cm³/mol. The van der Waals surface area contributed by atoms with Crippen LogP contribution in [0.1, 0.15) is 65.5 Å². The van der Waals surface area contributed by atoms with Crippen LogP contribution in [0.15, 0.2) is 133 Å². The number of rotatable bonds is 1. The average molecular weight is 565 g/mol. The Labute approximate surface area is 258 Å². The molecule has 210 valence electrons. The number of benzene rings is 6. The SMILES string of the molecule is c1ccc2c(c1)Oc1ccc(-c3cccc4c3-c3ccccc3C43c4ccccc4-c4ccccc43)cc1C21CCCCC1. The largest absolute Gasteiger partial charge is 0.457 e. The van der Waals surface area contributed by atoms with Gasteiger partial charge in [-0.15, -0.1) is 0 Å². The van der Waals surface area contributed by atoms with Crippen molar-refractivity contribution in [2.45, 2.75) is 42.9 Å². The molecule has 2 spiro atoms. The van der Waals surface area contributed by atoms with Crippen LogP contribution in [0.3, 0.4) is 0 Å². The molecule has 1 heterocycles. The molecule has 0 saturated heterocycles. The third-order valence-electron chi connectivity index (χ3n) is 11.2. The molecule has 1 saturated carbocycles. The van der Waals surface area contributed by atoms with Crippen molar-refractivity contribution in [3.05, 3.63) is 167 Å². The molecule has 44 heavy (non-hydrogen) atoms. The van der Waals surface area contributed by atoms with E-state index in [2.05, 4.69) is 133 Å². The lowest BCUT2D eigenvalue weighted by Gasteiger charge is -2.43. The van der Waals surface area contributed by atoms with Crippen molar-refractivity contribution in [2.24, 2.45) is 0 Å². The van der Waals surface area contributed by atoms with Gasteiger partial charge in [-0.25, -0.2) is 0 Å². The maximum atomic E-state index is 6.60. The predicted octanol–water partition coefficient (Wildman–Crippen LogP) is 11.1. The summed E-state index contributed by atoms with van der Waals surface area (Å²) in [6.45, 7) is 0. The van der Waals surface area contributed by atoms with E-state index in [-0.39, 0.29) is 10.8 Å². The van der Waals surface area contributed by atoms with E-state index in [1.165, 1.54) is 98.9 Å². The minimum Gasteiger partial charge on any atom is -0.457 e. The van der Waals surface area contributed by atoms with Crippen molar-refractivity contribution in [3.63, 3.8) is 0 Å². The van der Waals surface area contributed by atoms with E-state index >= 15 is 0 Å². The van der Waals surface area contributed by atoms with Crippen molar-refractivity contribution >= 4 is 0 Å². The summed E-state index contributed by atoms with van der Waals surface area (Å²) in [6, 6.07) is 50.0. The Kier molecular flexibility index (Phi) is 4.93. The van der Waals surface area contributed by atoms with Crippen molar-refractivity contribution in [1.82, 2.24) is 0 Å². The van der Waals surface area contributed by atoms with Crippen molar-refractivity contribution in [3.8, 4) is 44.9 Å². The summed E-state index contributed by atoms with van der Waals surface area (Å²) >= 11 is 0. The van der Waals surface area contributed by atoms with Crippen molar-refractivity contribution in [1.29, 1.82) is 0 Å². The molecule has 1 aliphatic heterocycles. The molecule has 0 atom stereocenters. The number of hydrogen-bond acceptors (Lipinski definition) is 1. The molecule has 0 radical (unpaired) electrons. The molecule has 0 N–H and O–H groups in total. The van der Waals surface area contributed by atoms with Crippen LogP contribution in [0.25, 0.3) is 33.4 Å². The molecule has 0 bridgehead atoms. The van der Waals surface area contributed by atoms with Gasteiger partial charge < -0.3 is 4.74 Å². The normalized spacial score (nSPS) is 17.2. The molecular formula is C43H32O. The van der Waals surface area contributed by atoms with E-state index in [9.17, 15) is 0 Å². The van der Waals surface area contributed by atoms with E-state index < -0.39 is 0 Å². The summed E-state index contributed by atoms with van der Waals surface area (Å²) in [5.74, 6) is 2.06. The second-order valence-electron chi connectivity index (χ2n) is 13.1. The highest BCUT2D eigenvalue weighted by atomic mass is 16.5. The molecule has 4 aliphatic rings. The molecule has 0 amide bonds. The van der Waals surface area contributed by atoms with Crippen molar-refractivity contribution < 1.29 is 4.74 Å². The maximum absolute atomic E-state index is 6.60. The zero-order chi connectivity index (χ0) is 28.9. The summed E-state index contributed by atoms with van der Waals surface area (Å²) < 4.78 is 6.60. The lowest BCUT2D eigenvalue weighted by Crippen LogP contribution is -2.33. The van der Waals surface area contributed by atoms with Crippen LogP contribution in [-0.4, -0.2) is 0 Å². The fraction of sp³-hybridized carbons (Fsp3) is 0.163. The fourth-order valence-corrected chi connectivity index (χ4v) is 9.45. The van der Waals surface area contributed by atoms with E-state index in [1.807, 2.05) is 0 Å². The van der Waals surface area contributed by atoms with Crippen LogP contribution < -0.4 is 4.74 Å². The molecule has 1 fully saturated rings. The van der Waals surface area contributed by atoms with Crippen molar-refractivity contribution in [2.75, 3.05) is 0 Å². The Balaban J connectivity index is 1.24. The van der Waals surface area contributed by atoms with Gasteiger partial charge in [-0.2, -0.15) is 0 Å². The van der Waals surface area contributed by atoms with Gasteiger partial charge in [-0.3, -0.25) is 0 Å². The van der Waals surface area contributed by atoms with Gasteiger partial charge >= 0.3 is 0 Å². The third-order valence-corrected chi connectivity index (χ3v) is 11.2. The fourth-order valence-electron chi connectivity index (χ4n) is 9.45. The zero-order valence-corrected chi connectivity index (χ0v) is 24.6. The maximum Gasteiger partial charge on any atom is 0.131 e. The van der Waals surface area contributed by atoms with Gasteiger partial charge in [0.25, 0.3) is 0 Å². The Bertz CT molecular complexity index is 2100. The number of hydrogen-bond donors (Lipinski definition) is 0. The Hall–Kier alpha value is -4.88. The molecule has 0 aromatic heterocycles. The van der Waals surface area contributed by atoms with E-state index in [0.717, 1.165) is 11.5 Å². The first kappa shape index (κ1) is 24.6. The van der Waals surface area contributed by atoms with Crippen LogP contribution in [0.4, 0.5) is 0 Å². The van der Waals surface area contributed by atoms with Gasteiger partial charge in [0.2, 0.25) is 0 Å². The molecule has 3 aliphatic carbocycles. The molecule has 6 aromatic carbocycles. The number of ether oxygens (including phenoxy) is 1. The first-order chi connectivity index (χ1) is 21.8. The van der Waals surface area contributed by atoms with Crippen LogP contribution in [0.5, 0.6) is 11.5 Å². The van der Waals surface area contributed by atoms with Gasteiger partial charge in [-0.1, -0.05) is 135 Å². The highest BCUT2D eigenvalue weighted by Crippen LogP contribution is 2.64. The summed E-state index contributed by atoms with van der Waals surface area (Å²) in [7, 11) is 0. The third kappa shape index (κ3) is 2.95. The quantitative estimate of drug-likeness (QED) is 0.193.